The van der Waals surface area contributed by atoms with Crippen molar-refractivity contribution in [2.24, 2.45) is 11.7 Å². The Kier molecular flexibility index (Phi) is 8.07. The number of halogens is 1. The van der Waals surface area contributed by atoms with Crippen LogP contribution in [0.1, 0.15) is 38.4 Å². The summed E-state index contributed by atoms with van der Waals surface area (Å²) in [6.07, 6.45) is -1.98. The second kappa shape index (κ2) is 11.1. The average molecular weight is 530 g/mol. The van der Waals surface area contributed by atoms with Gasteiger partial charge in [-0.1, -0.05) is 26.0 Å². The highest BCUT2D eigenvalue weighted by Gasteiger charge is 2.54. The molecule has 11 nitrogen and oxygen atoms in total. The number of carbonyl (C=O) groups is 2. The SMILES string of the molecule is CC(C)CC(=O)OC[C@H]1O[C@@](C)(c2ccc3c(NC(=O)[C@@H](N)Cc4ccc(F)cc4)ncnn23)[C@H](O)[C@@H]1O. The van der Waals surface area contributed by atoms with Crippen molar-refractivity contribution in [3.8, 4) is 0 Å². The Morgan fingerprint density at radius 1 is 1.24 bits per heavy atom. The first-order valence-corrected chi connectivity index (χ1v) is 12.3. The predicted octanol–water partition coefficient (Wildman–Crippen LogP) is 1.30. The van der Waals surface area contributed by atoms with Gasteiger partial charge in [-0.3, -0.25) is 9.59 Å². The molecule has 1 amide bonds. The van der Waals surface area contributed by atoms with E-state index in [4.69, 9.17) is 15.2 Å². The molecule has 3 heterocycles. The number of carbonyl (C=O) groups excluding carboxylic acids is 2. The number of nitrogens with two attached hydrogens (primary N) is 1. The van der Waals surface area contributed by atoms with E-state index in [9.17, 15) is 24.2 Å². The lowest BCUT2D eigenvalue weighted by molar-refractivity contribution is -0.152. The number of aliphatic hydroxyl groups is 2. The normalized spacial score (nSPS) is 24.1. The molecule has 1 fully saturated rings. The van der Waals surface area contributed by atoms with Gasteiger partial charge in [0.25, 0.3) is 0 Å². The van der Waals surface area contributed by atoms with Crippen LogP contribution in [0.4, 0.5) is 10.2 Å². The monoisotopic (exact) mass is 529 g/mol. The van der Waals surface area contributed by atoms with Crippen molar-refractivity contribution in [2.45, 2.75) is 63.6 Å². The van der Waals surface area contributed by atoms with Crippen LogP contribution in [0.15, 0.2) is 42.7 Å². The fourth-order valence-electron chi connectivity index (χ4n) is 4.48. The van der Waals surface area contributed by atoms with Gasteiger partial charge >= 0.3 is 5.97 Å². The molecule has 1 aromatic carbocycles. The van der Waals surface area contributed by atoms with Gasteiger partial charge in [0, 0.05) is 6.42 Å². The zero-order valence-electron chi connectivity index (χ0n) is 21.4. The lowest BCUT2D eigenvalue weighted by Crippen LogP contribution is -2.40. The van der Waals surface area contributed by atoms with Gasteiger partial charge in [0.15, 0.2) is 5.82 Å². The molecule has 38 heavy (non-hydrogen) atoms. The molecule has 204 valence electrons. The minimum Gasteiger partial charge on any atom is -0.463 e. The number of aliphatic hydroxyl groups excluding tert-OH is 2. The van der Waals surface area contributed by atoms with Crippen LogP contribution in [0, 0.1) is 11.7 Å². The maximum absolute atomic E-state index is 13.2. The van der Waals surface area contributed by atoms with E-state index in [0.29, 0.717) is 16.8 Å². The number of benzene rings is 1. The number of nitrogens with one attached hydrogen (secondary N) is 1. The number of hydrogen-bond acceptors (Lipinski definition) is 9. The first-order valence-electron chi connectivity index (χ1n) is 12.3. The number of amides is 1. The van der Waals surface area contributed by atoms with Crippen molar-refractivity contribution in [1.82, 2.24) is 14.6 Å². The van der Waals surface area contributed by atoms with Crippen LogP contribution < -0.4 is 11.1 Å². The van der Waals surface area contributed by atoms with E-state index in [-0.39, 0.29) is 37.0 Å². The maximum atomic E-state index is 13.2. The van der Waals surface area contributed by atoms with Gasteiger partial charge in [-0.25, -0.2) is 13.9 Å². The molecular formula is C26H32FN5O6. The summed E-state index contributed by atoms with van der Waals surface area (Å²) in [5, 5.41) is 28.5. The first kappa shape index (κ1) is 27.6. The van der Waals surface area contributed by atoms with Crippen molar-refractivity contribution >= 4 is 23.2 Å². The largest absolute Gasteiger partial charge is 0.463 e. The van der Waals surface area contributed by atoms with E-state index in [2.05, 4.69) is 15.4 Å². The van der Waals surface area contributed by atoms with Gasteiger partial charge in [0.05, 0.1) is 11.7 Å². The number of nitrogens with zero attached hydrogens (tertiary/aromatic N) is 3. The number of ether oxygens (including phenoxy) is 2. The van der Waals surface area contributed by atoms with Crippen molar-refractivity contribution in [3.05, 3.63) is 59.8 Å². The molecule has 5 N–H and O–H groups in total. The Labute approximate surface area is 218 Å². The summed E-state index contributed by atoms with van der Waals surface area (Å²) in [7, 11) is 0. The van der Waals surface area contributed by atoms with Crippen molar-refractivity contribution in [2.75, 3.05) is 11.9 Å². The Morgan fingerprint density at radius 2 is 1.95 bits per heavy atom. The number of esters is 1. The second-order valence-corrected chi connectivity index (χ2v) is 10.0. The zero-order valence-corrected chi connectivity index (χ0v) is 21.4. The standard InChI is InChI=1S/C26H32FN5O6/c1-14(2)10-21(33)37-12-19-22(34)23(35)26(3,38-19)20-9-8-18-24(29-13-30-32(18)20)31-25(36)17(28)11-15-4-6-16(27)7-5-15/h4-9,13-14,17,19,22-23,34-35H,10-12,28H2,1-3H3,(H,29,30,31,36)/t17-,19+,22+,23+,26-/m0/s1. The molecule has 4 rings (SSSR count). The Morgan fingerprint density at radius 3 is 2.63 bits per heavy atom. The third-order valence-corrected chi connectivity index (χ3v) is 6.56. The number of hydrogen-bond donors (Lipinski definition) is 4. The molecule has 0 unspecified atom stereocenters. The van der Waals surface area contributed by atoms with Crippen molar-refractivity contribution in [3.63, 3.8) is 0 Å². The number of rotatable bonds is 9. The molecule has 0 bridgehead atoms. The highest BCUT2D eigenvalue weighted by atomic mass is 19.1. The Hall–Kier alpha value is -3.45. The summed E-state index contributed by atoms with van der Waals surface area (Å²) in [6.45, 7) is 5.15. The molecule has 1 saturated heterocycles. The summed E-state index contributed by atoms with van der Waals surface area (Å²) in [5.41, 5.74) is 6.15. The number of fused-ring (bicyclic) bond motifs is 1. The van der Waals surface area contributed by atoms with E-state index in [0.717, 1.165) is 0 Å². The second-order valence-electron chi connectivity index (χ2n) is 10.0. The van der Waals surface area contributed by atoms with E-state index in [1.165, 1.54) is 23.0 Å². The zero-order chi connectivity index (χ0) is 27.6. The van der Waals surface area contributed by atoms with Crippen molar-refractivity contribution in [1.29, 1.82) is 0 Å². The quantitative estimate of drug-likeness (QED) is 0.299. The number of aromatic nitrogens is 3. The van der Waals surface area contributed by atoms with Gasteiger partial charge < -0.3 is 30.7 Å². The molecule has 1 aliphatic heterocycles. The minimum atomic E-state index is -1.41. The molecule has 2 aromatic heterocycles. The molecule has 3 aromatic rings. The van der Waals surface area contributed by atoms with Crippen LogP contribution in [-0.2, 0) is 31.1 Å². The van der Waals surface area contributed by atoms with Gasteiger partial charge in [0.2, 0.25) is 5.91 Å². The van der Waals surface area contributed by atoms with E-state index in [1.807, 2.05) is 13.8 Å². The highest BCUT2D eigenvalue weighted by molar-refractivity contribution is 5.97. The number of anilines is 1. The molecule has 0 saturated carbocycles. The van der Waals surface area contributed by atoms with Crippen LogP contribution in [-0.4, -0.2) is 67.6 Å². The average Bonchev–Trinajstić information content (AvgIpc) is 3.40. The molecular weight excluding hydrogens is 497 g/mol. The summed E-state index contributed by atoms with van der Waals surface area (Å²) in [5.74, 6) is -0.999. The van der Waals surface area contributed by atoms with E-state index in [1.54, 1.807) is 31.2 Å². The van der Waals surface area contributed by atoms with Crippen LogP contribution >= 0.6 is 0 Å². The lowest BCUT2D eigenvalue weighted by atomic mass is 9.93. The maximum Gasteiger partial charge on any atom is 0.306 e. The summed E-state index contributed by atoms with van der Waals surface area (Å²) in [6, 6.07) is 8.08. The topological polar surface area (TPSA) is 161 Å². The van der Waals surface area contributed by atoms with Crippen LogP contribution in [0.3, 0.4) is 0 Å². The Balaban J connectivity index is 1.50. The van der Waals surface area contributed by atoms with Gasteiger partial charge in [-0.2, -0.15) is 5.10 Å². The third kappa shape index (κ3) is 5.68. The van der Waals surface area contributed by atoms with Gasteiger partial charge in [-0.05, 0) is 49.1 Å². The first-order chi connectivity index (χ1) is 18.0. The van der Waals surface area contributed by atoms with E-state index >= 15 is 0 Å². The summed E-state index contributed by atoms with van der Waals surface area (Å²) < 4.78 is 25.9. The van der Waals surface area contributed by atoms with Gasteiger partial charge in [-0.15, -0.1) is 0 Å². The molecule has 0 radical (unpaired) electrons. The van der Waals surface area contributed by atoms with Crippen LogP contribution in [0.2, 0.25) is 0 Å². The lowest BCUT2D eigenvalue weighted by Gasteiger charge is -2.27. The highest BCUT2D eigenvalue weighted by Crippen LogP contribution is 2.40. The fraction of sp³-hybridized carbons (Fsp3) is 0.462. The van der Waals surface area contributed by atoms with Gasteiger partial charge in [0.1, 0.15) is 48.2 Å². The molecule has 0 spiro atoms. The molecule has 5 atom stereocenters. The summed E-state index contributed by atoms with van der Waals surface area (Å²) >= 11 is 0. The summed E-state index contributed by atoms with van der Waals surface area (Å²) in [4.78, 5) is 28.9. The van der Waals surface area contributed by atoms with Crippen LogP contribution in [0.25, 0.3) is 5.52 Å². The van der Waals surface area contributed by atoms with Crippen molar-refractivity contribution < 1.29 is 33.7 Å². The fourth-order valence-corrected chi connectivity index (χ4v) is 4.48. The molecule has 1 aliphatic rings. The molecule has 0 aliphatic carbocycles. The smallest absolute Gasteiger partial charge is 0.306 e. The van der Waals surface area contributed by atoms with E-state index < -0.39 is 41.8 Å². The Bertz CT molecular complexity index is 1300. The van der Waals surface area contributed by atoms with Crippen LogP contribution in [0.5, 0.6) is 0 Å². The predicted molar refractivity (Wildman–Crippen MR) is 134 cm³/mol. The third-order valence-electron chi connectivity index (χ3n) is 6.56. The minimum absolute atomic E-state index is 0.117. The molecule has 12 heteroatoms.